The van der Waals surface area contributed by atoms with Crippen LogP contribution in [0.25, 0.3) is 66.9 Å². The third kappa shape index (κ3) is 5.37. The molecule has 8 heteroatoms. The van der Waals surface area contributed by atoms with Crippen LogP contribution in [0.5, 0.6) is 0 Å². The highest BCUT2D eigenvalue weighted by atomic mass is 15.2. The van der Waals surface area contributed by atoms with E-state index in [0.29, 0.717) is 0 Å². The molecular weight excluding hydrogens is 665 g/mol. The molecule has 10 rings (SSSR count). The summed E-state index contributed by atoms with van der Waals surface area (Å²) in [5.41, 5.74) is 14.3. The number of aromatic nitrogens is 8. The molecule has 0 unspecified atom stereocenters. The van der Waals surface area contributed by atoms with Gasteiger partial charge in [0.1, 0.15) is 22.7 Å². The van der Waals surface area contributed by atoms with Gasteiger partial charge in [0.25, 0.3) is 0 Å². The van der Waals surface area contributed by atoms with E-state index in [9.17, 15) is 0 Å². The maximum absolute atomic E-state index is 2.41. The van der Waals surface area contributed by atoms with Crippen molar-refractivity contribution < 1.29 is 18.3 Å². The lowest BCUT2D eigenvalue weighted by Gasteiger charge is -2.01. The molecule has 4 aromatic heterocycles. The molecule has 0 amide bonds. The van der Waals surface area contributed by atoms with Gasteiger partial charge >= 0.3 is 0 Å². The first kappa shape index (κ1) is 31.9. The molecule has 0 N–H and O–H groups in total. The fraction of sp³-hybridized carbons (Fsp3) is 0.130. The van der Waals surface area contributed by atoms with E-state index >= 15 is 0 Å². The molecule has 262 valence electrons. The van der Waals surface area contributed by atoms with Gasteiger partial charge in [0.2, 0.25) is 25.3 Å². The van der Waals surface area contributed by atoms with Gasteiger partial charge in [-0.3, -0.25) is 0 Å². The number of hydrogen-bond acceptors (Lipinski definition) is 0. The van der Waals surface area contributed by atoms with Crippen molar-refractivity contribution in [2.45, 2.75) is 25.9 Å². The van der Waals surface area contributed by atoms with E-state index in [1.807, 2.05) is 0 Å². The number of benzene rings is 6. The van der Waals surface area contributed by atoms with Crippen LogP contribution in [-0.4, -0.2) is 18.3 Å². The van der Waals surface area contributed by atoms with Gasteiger partial charge in [-0.15, -0.1) is 0 Å². The first-order valence-electron chi connectivity index (χ1n) is 18.7. The number of hydrogen-bond donors (Lipinski definition) is 0. The highest BCUT2D eigenvalue weighted by Crippen LogP contribution is 2.24. The van der Waals surface area contributed by atoms with E-state index in [1.54, 1.807) is 0 Å². The maximum atomic E-state index is 2.41. The van der Waals surface area contributed by atoms with Gasteiger partial charge in [0.05, 0.1) is 27.2 Å². The van der Waals surface area contributed by atoms with E-state index in [1.165, 1.54) is 44.1 Å². The Hall–Kier alpha value is -6.80. The molecule has 10 aromatic rings. The largest absolute Gasteiger partial charge is 0.249 e. The molecule has 0 atom stereocenters. The molecule has 0 aliphatic rings. The van der Waals surface area contributed by atoms with Crippen molar-refractivity contribution in [1.29, 1.82) is 0 Å². The molecule has 4 heterocycles. The van der Waals surface area contributed by atoms with Crippen molar-refractivity contribution in [3.05, 3.63) is 171 Å². The predicted molar refractivity (Wildman–Crippen MR) is 212 cm³/mol. The third-order valence-corrected chi connectivity index (χ3v) is 10.9. The summed E-state index contributed by atoms with van der Waals surface area (Å²) in [7, 11) is 4.21. The molecule has 0 saturated carbocycles. The second-order valence-corrected chi connectivity index (χ2v) is 14.3. The quantitative estimate of drug-likeness (QED) is 0.113. The zero-order valence-electron chi connectivity index (χ0n) is 30.6. The van der Waals surface area contributed by atoms with Crippen molar-refractivity contribution in [3.63, 3.8) is 0 Å². The van der Waals surface area contributed by atoms with Crippen molar-refractivity contribution in [3.8, 4) is 22.7 Å². The Balaban J connectivity index is 0.905. The van der Waals surface area contributed by atoms with Gasteiger partial charge in [-0.05, 0) is 85.6 Å². The minimum Gasteiger partial charge on any atom is -0.232 e. The Morgan fingerprint density at radius 2 is 0.667 bits per heavy atom. The van der Waals surface area contributed by atoms with E-state index in [2.05, 4.69) is 222 Å². The van der Waals surface area contributed by atoms with Crippen molar-refractivity contribution >= 4 is 44.1 Å². The lowest BCUT2D eigenvalue weighted by Crippen LogP contribution is -2.35. The Kier molecular flexibility index (Phi) is 7.68. The monoisotopic (exact) mass is 706 g/mol. The molecule has 6 aromatic carbocycles. The minimum atomic E-state index is 0.939. The minimum absolute atomic E-state index is 0.939. The highest BCUT2D eigenvalue weighted by molar-refractivity contribution is 5.77. The van der Waals surface area contributed by atoms with Crippen LogP contribution in [0.1, 0.15) is 12.8 Å². The Morgan fingerprint density at radius 1 is 0.352 bits per heavy atom. The van der Waals surface area contributed by atoms with Gasteiger partial charge < -0.3 is 0 Å². The standard InChI is InChI=1S/C46H42N8/c1-47-31-51(43-23-7-3-19-39(43)47)35-15-13-17-37(29-35)53-33-49(41-21-5-9-25-45(41)53)27-11-12-28-50-34-54(46-26-10-6-22-42(46)50)38-18-14-16-36(30-38)52-32-48(2)40-20-4-8-24-44(40)52/h3-10,13-26,29-34H,11-12,27-28H2,1-2H3/q+4. The molecule has 0 aliphatic carbocycles. The van der Waals surface area contributed by atoms with Gasteiger partial charge in [-0.25, -0.2) is 18.3 Å². The Morgan fingerprint density at radius 3 is 1.06 bits per heavy atom. The molecule has 0 saturated heterocycles. The fourth-order valence-electron chi connectivity index (χ4n) is 8.21. The first-order valence-corrected chi connectivity index (χ1v) is 18.7. The van der Waals surface area contributed by atoms with E-state index < -0.39 is 0 Å². The van der Waals surface area contributed by atoms with Gasteiger partial charge in [-0.2, -0.15) is 18.3 Å². The second-order valence-electron chi connectivity index (χ2n) is 14.3. The molecule has 0 aliphatic heterocycles. The van der Waals surface area contributed by atoms with Crippen LogP contribution in [0.2, 0.25) is 0 Å². The first-order chi connectivity index (χ1) is 26.6. The van der Waals surface area contributed by atoms with E-state index in [4.69, 9.17) is 0 Å². The average molecular weight is 707 g/mol. The number of rotatable bonds is 9. The molecule has 54 heavy (non-hydrogen) atoms. The number of unbranched alkanes of at least 4 members (excludes halogenated alkanes) is 1. The number of imidazole rings is 4. The molecule has 0 spiro atoms. The predicted octanol–water partition coefficient (Wildman–Crippen LogP) is 7.17. The van der Waals surface area contributed by atoms with E-state index in [0.717, 1.165) is 48.7 Å². The lowest BCUT2D eigenvalue weighted by atomic mass is 10.2. The topological polar surface area (TPSA) is 35.2 Å². The summed E-state index contributed by atoms with van der Waals surface area (Å²) < 4.78 is 18.4. The zero-order valence-corrected chi connectivity index (χ0v) is 30.6. The highest BCUT2D eigenvalue weighted by Gasteiger charge is 2.22. The summed E-state index contributed by atoms with van der Waals surface area (Å²) in [6.07, 6.45) is 11.0. The van der Waals surface area contributed by atoms with Crippen molar-refractivity contribution in [1.82, 2.24) is 18.3 Å². The summed E-state index contributed by atoms with van der Waals surface area (Å²) in [6.45, 7) is 1.88. The summed E-state index contributed by atoms with van der Waals surface area (Å²) in [4.78, 5) is 0. The zero-order chi connectivity index (χ0) is 36.2. The van der Waals surface area contributed by atoms with Gasteiger partial charge in [0, 0.05) is 12.1 Å². The van der Waals surface area contributed by atoms with E-state index in [-0.39, 0.29) is 0 Å². The molecule has 0 radical (unpaired) electrons. The van der Waals surface area contributed by atoms with Crippen molar-refractivity contribution in [2.75, 3.05) is 0 Å². The second kappa shape index (κ2) is 13.0. The van der Waals surface area contributed by atoms with Crippen LogP contribution in [0.3, 0.4) is 0 Å². The molecule has 0 bridgehead atoms. The number of aryl methyl sites for hydroxylation is 4. The summed E-state index contributed by atoms with van der Waals surface area (Å²) in [5.74, 6) is 0. The number of para-hydroxylation sites is 8. The number of nitrogens with zero attached hydrogens (tertiary/aromatic N) is 8. The third-order valence-electron chi connectivity index (χ3n) is 10.9. The van der Waals surface area contributed by atoms with Crippen LogP contribution in [0, 0.1) is 0 Å². The van der Waals surface area contributed by atoms with Crippen molar-refractivity contribution in [2.24, 2.45) is 14.1 Å². The van der Waals surface area contributed by atoms with Crippen LogP contribution in [0.4, 0.5) is 0 Å². The van der Waals surface area contributed by atoms with Crippen LogP contribution >= 0.6 is 0 Å². The number of fused-ring (bicyclic) bond motifs is 4. The maximum Gasteiger partial charge on any atom is 0.249 e. The smallest absolute Gasteiger partial charge is 0.232 e. The van der Waals surface area contributed by atoms with Gasteiger partial charge in [-0.1, -0.05) is 60.7 Å². The summed E-state index contributed by atoms with van der Waals surface area (Å²) in [6, 6.07) is 52.2. The SMILES string of the molecule is C[n+]1cn(-c2cccc(-n3c[n+](CCCC[n+]4cn(-c5cccc(-n6c[n+](C)c7ccccc76)c5)c5ccccc54)c4ccccc43)c2)c2ccccc21. The summed E-state index contributed by atoms with van der Waals surface area (Å²) >= 11 is 0. The van der Waals surface area contributed by atoms with Crippen LogP contribution < -0.4 is 18.3 Å². The van der Waals surface area contributed by atoms with Crippen LogP contribution in [0.15, 0.2) is 171 Å². The Labute approximate surface area is 313 Å². The average Bonchev–Trinajstić information content (AvgIpc) is 3.98. The Bertz CT molecular complexity index is 2790. The summed E-state index contributed by atoms with van der Waals surface area (Å²) in [5, 5.41) is 0. The lowest BCUT2D eigenvalue weighted by molar-refractivity contribution is -0.683. The molecule has 8 nitrogen and oxygen atoms in total. The normalized spacial score (nSPS) is 11.8. The fourth-order valence-corrected chi connectivity index (χ4v) is 8.21. The van der Waals surface area contributed by atoms with Crippen LogP contribution in [-0.2, 0) is 27.2 Å². The molecule has 0 fully saturated rings. The molecular formula is C46H42N8+4. The van der Waals surface area contributed by atoms with Gasteiger partial charge in [0.15, 0.2) is 44.1 Å².